The fourth-order valence-electron chi connectivity index (χ4n) is 3.46. The van der Waals surface area contributed by atoms with Crippen molar-refractivity contribution in [3.63, 3.8) is 0 Å². The summed E-state index contributed by atoms with van der Waals surface area (Å²) in [6.45, 7) is 3.22. The number of amides is 1. The summed E-state index contributed by atoms with van der Waals surface area (Å²) in [7, 11) is 0. The summed E-state index contributed by atoms with van der Waals surface area (Å²) in [5, 5.41) is 0. The van der Waals surface area contributed by atoms with Crippen LogP contribution in [0, 0.1) is 11.8 Å². The molecular formula is C14H24ClNO. The molecule has 3 atom stereocenters. The topological polar surface area (TPSA) is 20.3 Å². The van der Waals surface area contributed by atoms with Crippen molar-refractivity contribution >= 4 is 17.5 Å². The molecule has 0 spiro atoms. The molecule has 1 heterocycles. The van der Waals surface area contributed by atoms with Crippen molar-refractivity contribution in [3.8, 4) is 0 Å². The van der Waals surface area contributed by atoms with Crippen molar-refractivity contribution in [2.75, 3.05) is 12.4 Å². The molecule has 1 saturated heterocycles. The molecule has 3 unspecified atom stereocenters. The number of rotatable bonds is 4. The summed E-state index contributed by atoms with van der Waals surface area (Å²) in [6.07, 6.45) is 8.07. The summed E-state index contributed by atoms with van der Waals surface area (Å²) < 4.78 is 0. The standard InChI is InChI=1S/C14H24ClNO/c1-11-5-2-8-13(11)14(17)16-10-4-7-12(16)6-3-9-15/h11-13H,2-10H2,1H3. The van der Waals surface area contributed by atoms with Crippen molar-refractivity contribution in [2.24, 2.45) is 11.8 Å². The molecule has 2 aliphatic rings. The number of nitrogens with zero attached hydrogens (tertiary/aromatic N) is 1. The predicted octanol–water partition coefficient (Wildman–Crippen LogP) is 3.43. The first-order valence-corrected chi connectivity index (χ1v) is 7.64. The van der Waals surface area contributed by atoms with Gasteiger partial charge in [-0.05, 0) is 44.4 Å². The van der Waals surface area contributed by atoms with E-state index in [4.69, 9.17) is 11.6 Å². The SMILES string of the molecule is CC1CCCC1C(=O)N1CCCC1CCCCl. The minimum Gasteiger partial charge on any atom is -0.339 e. The van der Waals surface area contributed by atoms with Crippen molar-refractivity contribution in [2.45, 2.75) is 57.9 Å². The molecule has 1 amide bonds. The van der Waals surface area contributed by atoms with Crippen LogP contribution < -0.4 is 0 Å². The highest BCUT2D eigenvalue weighted by Gasteiger charge is 2.36. The van der Waals surface area contributed by atoms with Gasteiger partial charge in [0.15, 0.2) is 0 Å². The highest BCUT2D eigenvalue weighted by molar-refractivity contribution is 6.17. The molecule has 0 aromatic carbocycles. The van der Waals surface area contributed by atoms with Crippen LogP contribution in [0.1, 0.15) is 51.9 Å². The number of alkyl halides is 1. The van der Waals surface area contributed by atoms with E-state index in [1.54, 1.807) is 0 Å². The molecule has 98 valence electrons. The van der Waals surface area contributed by atoms with Crippen LogP contribution in [0.15, 0.2) is 0 Å². The van der Waals surface area contributed by atoms with Crippen LogP contribution in [-0.2, 0) is 4.79 Å². The number of carbonyl (C=O) groups excluding carboxylic acids is 1. The van der Waals surface area contributed by atoms with Gasteiger partial charge in [-0.2, -0.15) is 0 Å². The molecule has 2 nitrogen and oxygen atoms in total. The first kappa shape index (κ1) is 13.2. The van der Waals surface area contributed by atoms with Gasteiger partial charge in [-0.1, -0.05) is 13.3 Å². The van der Waals surface area contributed by atoms with Gasteiger partial charge >= 0.3 is 0 Å². The molecule has 1 saturated carbocycles. The van der Waals surface area contributed by atoms with Gasteiger partial charge < -0.3 is 4.90 Å². The molecule has 0 bridgehead atoms. The molecule has 17 heavy (non-hydrogen) atoms. The van der Waals surface area contributed by atoms with E-state index in [2.05, 4.69) is 11.8 Å². The van der Waals surface area contributed by atoms with Gasteiger partial charge in [0.1, 0.15) is 0 Å². The Hall–Kier alpha value is -0.240. The Morgan fingerprint density at radius 2 is 2.12 bits per heavy atom. The molecular weight excluding hydrogens is 234 g/mol. The zero-order valence-corrected chi connectivity index (χ0v) is 11.6. The average molecular weight is 258 g/mol. The number of halogens is 1. The van der Waals surface area contributed by atoms with Gasteiger partial charge in [-0.25, -0.2) is 0 Å². The van der Waals surface area contributed by atoms with Crippen molar-refractivity contribution in [3.05, 3.63) is 0 Å². The normalized spacial score (nSPS) is 33.3. The maximum absolute atomic E-state index is 12.5. The molecule has 0 N–H and O–H groups in total. The lowest BCUT2D eigenvalue weighted by molar-refractivity contribution is -0.137. The van der Waals surface area contributed by atoms with Crippen LogP contribution in [-0.4, -0.2) is 29.3 Å². The quantitative estimate of drug-likeness (QED) is 0.707. The van der Waals surface area contributed by atoms with E-state index in [1.807, 2.05) is 0 Å². The van der Waals surface area contributed by atoms with Gasteiger partial charge in [0.25, 0.3) is 0 Å². The van der Waals surface area contributed by atoms with E-state index in [9.17, 15) is 4.79 Å². The number of likely N-dealkylation sites (tertiary alicyclic amines) is 1. The van der Waals surface area contributed by atoms with Crippen molar-refractivity contribution in [1.82, 2.24) is 4.90 Å². The van der Waals surface area contributed by atoms with Crippen LogP contribution in [0.5, 0.6) is 0 Å². The fourth-order valence-corrected chi connectivity index (χ4v) is 3.62. The molecule has 2 fully saturated rings. The Balaban J connectivity index is 1.93. The monoisotopic (exact) mass is 257 g/mol. The summed E-state index contributed by atoms with van der Waals surface area (Å²) in [5.41, 5.74) is 0. The lowest BCUT2D eigenvalue weighted by Gasteiger charge is -2.29. The van der Waals surface area contributed by atoms with Gasteiger partial charge in [0.2, 0.25) is 5.91 Å². The van der Waals surface area contributed by atoms with Crippen LogP contribution in [0.2, 0.25) is 0 Å². The summed E-state index contributed by atoms with van der Waals surface area (Å²) in [4.78, 5) is 14.7. The lowest BCUT2D eigenvalue weighted by atomic mass is 9.96. The average Bonchev–Trinajstić information content (AvgIpc) is 2.94. The Kier molecular flexibility index (Phi) is 4.72. The Labute approximate surface area is 110 Å². The summed E-state index contributed by atoms with van der Waals surface area (Å²) in [6, 6.07) is 0.481. The summed E-state index contributed by atoms with van der Waals surface area (Å²) >= 11 is 5.75. The van der Waals surface area contributed by atoms with Crippen LogP contribution >= 0.6 is 11.6 Å². The molecule has 0 aromatic rings. The lowest BCUT2D eigenvalue weighted by Crippen LogP contribution is -2.40. The van der Waals surface area contributed by atoms with Gasteiger partial charge in [0.05, 0.1) is 0 Å². The van der Waals surface area contributed by atoms with Crippen molar-refractivity contribution in [1.29, 1.82) is 0 Å². The van der Waals surface area contributed by atoms with E-state index < -0.39 is 0 Å². The first-order valence-electron chi connectivity index (χ1n) is 7.10. The Bertz CT molecular complexity index is 269. The third-order valence-electron chi connectivity index (χ3n) is 4.51. The summed E-state index contributed by atoms with van der Waals surface area (Å²) in [5.74, 6) is 2.06. The van der Waals surface area contributed by atoms with Gasteiger partial charge in [-0.3, -0.25) is 4.79 Å². The van der Waals surface area contributed by atoms with E-state index >= 15 is 0 Å². The molecule has 0 radical (unpaired) electrons. The highest BCUT2D eigenvalue weighted by Crippen LogP contribution is 2.35. The molecule has 3 heteroatoms. The van der Waals surface area contributed by atoms with Crippen LogP contribution in [0.4, 0.5) is 0 Å². The second-order valence-electron chi connectivity index (χ2n) is 5.67. The maximum atomic E-state index is 12.5. The second kappa shape index (κ2) is 6.08. The molecule has 1 aliphatic carbocycles. The number of hydrogen-bond donors (Lipinski definition) is 0. The second-order valence-corrected chi connectivity index (χ2v) is 6.05. The number of carbonyl (C=O) groups is 1. The molecule has 2 rings (SSSR count). The molecule has 0 aromatic heterocycles. The smallest absolute Gasteiger partial charge is 0.226 e. The Morgan fingerprint density at radius 1 is 1.29 bits per heavy atom. The third-order valence-corrected chi connectivity index (χ3v) is 4.78. The Morgan fingerprint density at radius 3 is 2.76 bits per heavy atom. The maximum Gasteiger partial charge on any atom is 0.226 e. The van der Waals surface area contributed by atoms with Crippen LogP contribution in [0.3, 0.4) is 0 Å². The predicted molar refractivity (Wildman–Crippen MR) is 71.2 cm³/mol. The minimum absolute atomic E-state index is 0.312. The fraction of sp³-hybridized carbons (Fsp3) is 0.929. The van der Waals surface area contributed by atoms with Gasteiger partial charge in [-0.15, -0.1) is 11.6 Å². The van der Waals surface area contributed by atoms with Crippen LogP contribution in [0.25, 0.3) is 0 Å². The van der Waals surface area contributed by atoms with Gasteiger partial charge in [0, 0.05) is 24.4 Å². The zero-order chi connectivity index (χ0) is 12.3. The first-order chi connectivity index (χ1) is 8.24. The highest BCUT2D eigenvalue weighted by atomic mass is 35.5. The van der Waals surface area contributed by atoms with E-state index in [0.717, 1.165) is 31.7 Å². The van der Waals surface area contributed by atoms with Crippen molar-refractivity contribution < 1.29 is 4.79 Å². The van der Waals surface area contributed by atoms with E-state index in [0.29, 0.717) is 23.8 Å². The third kappa shape index (κ3) is 2.96. The van der Waals surface area contributed by atoms with E-state index in [1.165, 1.54) is 25.7 Å². The zero-order valence-electron chi connectivity index (χ0n) is 10.8. The minimum atomic E-state index is 0.312. The molecule has 1 aliphatic heterocycles. The number of hydrogen-bond acceptors (Lipinski definition) is 1. The van der Waals surface area contributed by atoms with E-state index in [-0.39, 0.29) is 0 Å². The largest absolute Gasteiger partial charge is 0.339 e.